The summed E-state index contributed by atoms with van der Waals surface area (Å²) in [5.41, 5.74) is -0.0821. The van der Waals surface area contributed by atoms with E-state index in [0.29, 0.717) is 0 Å². The summed E-state index contributed by atoms with van der Waals surface area (Å²) in [4.78, 5) is 2.32. The molecule has 0 aromatic rings. The molecule has 0 aromatic carbocycles. The largest absolute Gasteiger partial charge is 0.394 e. The van der Waals surface area contributed by atoms with Crippen LogP contribution in [0.15, 0.2) is 12.7 Å². The predicted octanol–water partition coefficient (Wildman–Crippen LogP) is 0.219. The van der Waals surface area contributed by atoms with Gasteiger partial charge in [0, 0.05) is 13.1 Å². The second-order valence-corrected chi connectivity index (χ2v) is 3.82. The number of hydrogen-bond donors (Lipinski definition) is 2. The lowest BCUT2D eigenvalue weighted by molar-refractivity contribution is 0.0791. The highest BCUT2D eigenvalue weighted by atomic mass is 16.3. The third kappa shape index (κ3) is 2.53. The van der Waals surface area contributed by atoms with E-state index in [2.05, 4.69) is 16.8 Å². The van der Waals surface area contributed by atoms with Gasteiger partial charge in [-0.15, -0.1) is 6.58 Å². The Balaban J connectivity index is 2.52. The lowest BCUT2D eigenvalue weighted by atomic mass is 9.90. The molecule has 1 fully saturated rings. The molecule has 3 heteroatoms. The molecule has 1 heterocycles. The van der Waals surface area contributed by atoms with Crippen LogP contribution in [0.1, 0.15) is 12.8 Å². The number of nitrogens with one attached hydrogen (secondary N) is 1. The molecule has 1 aliphatic rings. The SMILES string of the molecule is C=CCN1CCCC(CO)(NC)C1. The monoisotopic (exact) mass is 184 g/mol. The molecule has 0 radical (unpaired) electrons. The lowest BCUT2D eigenvalue weighted by Crippen LogP contribution is -2.58. The summed E-state index contributed by atoms with van der Waals surface area (Å²) in [7, 11) is 1.92. The molecule has 13 heavy (non-hydrogen) atoms. The molecule has 1 rings (SSSR count). The molecular formula is C10H20N2O. The second kappa shape index (κ2) is 4.74. The number of piperidine rings is 1. The van der Waals surface area contributed by atoms with Crippen molar-refractivity contribution in [3.8, 4) is 0 Å². The molecule has 76 valence electrons. The van der Waals surface area contributed by atoms with Gasteiger partial charge in [0.05, 0.1) is 12.1 Å². The summed E-state index contributed by atoms with van der Waals surface area (Å²) < 4.78 is 0. The Morgan fingerprint density at radius 3 is 3.00 bits per heavy atom. The van der Waals surface area contributed by atoms with E-state index in [4.69, 9.17) is 0 Å². The van der Waals surface area contributed by atoms with Gasteiger partial charge >= 0.3 is 0 Å². The minimum atomic E-state index is -0.0821. The predicted molar refractivity (Wildman–Crippen MR) is 54.7 cm³/mol. The molecule has 2 N–H and O–H groups in total. The Hall–Kier alpha value is -0.380. The van der Waals surface area contributed by atoms with Crippen LogP contribution in [-0.2, 0) is 0 Å². The van der Waals surface area contributed by atoms with Gasteiger partial charge in [0.2, 0.25) is 0 Å². The number of rotatable bonds is 4. The number of nitrogens with zero attached hydrogens (tertiary/aromatic N) is 1. The molecule has 1 atom stereocenters. The number of aliphatic hydroxyl groups is 1. The van der Waals surface area contributed by atoms with Crippen LogP contribution in [0, 0.1) is 0 Å². The summed E-state index contributed by atoms with van der Waals surface area (Å²) in [5, 5.41) is 12.5. The minimum absolute atomic E-state index is 0.0821. The number of likely N-dealkylation sites (N-methyl/N-ethyl adjacent to an activating group) is 1. The van der Waals surface area contributed by atoms with Crippen LogP contribution in [0.25, 0.3) is 0 Å². The first kappa shape index (κ1) is 10.7. The Bertz CT molecular complexity index is 166. The van der Waals surface area contributed by atoms with Gasteiger partial charge in [-0.2, -0.15) is 0 Å². The molecule has 0 aliphatic carbocycles. The van der Waals surface area contributed by atoms with E-state index in [9.17, 15) is 5.11 Å². The van der Waals surface area contributed by atoms with E-state index in [1.54, 1.807) is 0 Å². The fourth-order valence-electron chi connectivity index (χ4n) is 1.98. The van der Waals surface area contributed by atoms with E-state index < -0.39 is 0 Å². The highest BCUT2D eigenvalue weighted by molar-refractivity contribution is 4.94. The van der Waals surface area contributed by atoms with Gasteiger partial charge < -0.3 is 10.4 Å². The van der Waals surface area contributed by atoms with Gasteiger partial charge in [-0.3, -0.25) is 4.90 Å². The summed E-state index contributed by atoms with van der Waals surface area (Å²) >= 11 is 0. The molecule has 1 unspecified atom stereocenters. The van der Waals surface area contributed by atoms with Crippen molar-refractivity contribution in [2.75, 3.05) is 33.3 Å². The third-order valence-corrected chi connectivity index (χ3v) is 2.88. The van der Waals surface area contributed by atoms with Crippen molar-refractivity contribution >= 4 is 0 Å². The fraction of sp³-hybridized carbons (Fsp3) is 0.800. The van der Waals surface area contributed by atoms with Crippen LogP contribution < -0.4 is 5.32 Å². The molecule has 0 bridgehead atoms. The van der Waals surface area contributed by atoms with E-state index in [1.165, 1.54) is 0 Å². The molecule has 1 saturated heterocycles. The Morgan fingerprint density at radius 2 is 2.46 bits per heavy atom. The van der Waals surface area contributed by atoms with Gasteiger partial charge in [0.1, 0.15) is 0 Å². The minimum Gasteiger partial charge on any atom is -0.394 e. The van der Waals surface area contributed by atoms with Crippen molar-refractivity contribution in [2.45, 2.75) is 18.4 Å². The van der Waals surface area contributed by atoms with Gasteiger partial charge in [-0.05, 0) is 26.4 Å². The summed E-state index contributed by atoms with van der Waals surface area (Å²) in [6.07, 6.45) is 4.13. The van der Waals surface area contributed by atoms with Crippen LogP contribution in [-0.4, -0.2) is 48.8 Å². The number of likely N-dealkylation sites (tertiary alicyclic amines) is 1. The lowest BCUT2D eigenvalue weighted by Gasteiger charge is -2.41. The van der Waals surface area contributed by atoms with Crippen molar-refractivity contribution in [2.24, 2.45) is 0 Å². The normalized spacial score (nSPS) is 30.3. The van der Waals surface area contributed by atoms with Gasteiger partial charge in [-0.1, -0.05) is 6.08 Å². The standard InChI is InChI=1S/C10H20N2O/c1-3-6-12-7-4-5-10(8-12,9-13)11-2/h3,11,13H,1,4-9H2,2H3. The van der Waals surface area contributed by atoms with E-state index in [-0.39, 0.29) is 12.1 Å². The molecule has 0 spiro atoms. The zero-order chi connectivity index (χ0) is 9.73. The highest BCUT2D eigenvalue weighted by Crippen LogP contribution is 2.19. The average molecular weight is 184 g/mol. The van der Waals surface area contributed by atoms with Crippen molar-refractivity contribution in [3.63, 3.8) is 0 Å². The maximum atomic E-state index is 9.31. The van der Waals surface area contributed by atoms with Crippen LogP contribution in [0.4, 0.5) is 0 Å². The molecule has 3 nitrogen and oxygen atoms in total. The Kier molecular flexibility index (Phi) is 3.90. The highest BCUT2D eigenvalue weighted by Gasteiger charge is 2.32. The Morgan fingerprint density at radius 1 is 1.69 bits per heavy atom. The third-order valence-electron chi connectivity index (χ3n) is 2.88. The van der Waals surface area contributed by atoms with E-state index >= 15 is 0 Å². The maximum Gasteiger partial charge on any atom is 0.0625 e. The van der Waals surface area contributed by atoms with Crippen LogP contribution in [0.5, 0.6) is 0 Å². The number of hydrogen-bond acceptors (Lipinski definition) is 3. The second-order valence-electron chi connectivity index (χ2n) is 3.82. The molecular weight excluding hydrogens is 164 g/mol. The smallest absolute Gasteiger partial charge is 0.0625 e. The zero-order valence-electron chi connectivity index (χ0n) is 8.42. The van der Waals surface area contributed by atoms with Gasteiger partial charge in [-0.25, -0.2) is 0 Å². The summed E-state index contributed by atoms with van der Waals surface area (Å²) in [5.74, 6) is 0. The summed E-state index contributed by atoms with van der Waals surface area (Å²) in [6, 6.07) is 0. The van der Waals surface area contributed by atoms with Crippen molar-refractivity contribution in [1.82, 2.24) is 10.2 Å². The Labute approximate surface area is 80.4 Å². The van der Waals surface area contributed by atoms with E-state index in [1.807, 2.05) is 13.1 Å². The molecule has 0 saturated carbocycles. The van der Waals surface area contributed by atoms with Crippen molar-refractivity contribution < 1.29 is 5.11 Å². The zero-order valence-corrected chi connectivity index (χ0v) is 8.42. The topological polar surface area (TPSA) is 35.5 Å². The van der Waals surface area contributed by atoms with Crippen LogP contribution >= 0.6 is 0 Å². The van der Waals surface area contributed by atoms with Crippen LogP contribution in [0.3, 0.4) is 0 Å². The molecule has 1 aliphatic heterocycles. The van der Waals surface area contributed by atoms with Crippen LogP contribution in [0.2, 0.25) is 0 Å². The van der Waals surface area contributed by atoms with Crippen molar-refractivity contribution in [3.05, 3.63) is 12.7 Å². The van der Waals surface area contributed by atoms with Gasteiger partial charge in [0.25, 0.3) is 0 Å². The first-order valence-corrected chi connectivity index (χ1v) is 4.89. The maximum absolute atomic E-state index is 9.31. The first-order chi connectivity index (χ1) is 6.26. The number of aliphatic hydroxyl groups excluding tert-OH is 1. The fourth-order valence-corrected chi connectivity index (χ4v) is 1.98. The quantitative estimate of drug-likeness (QED) is 0.613. The average Bonchev–Trinajstić information content (AvgIpc) is 2.19. The first-order valence-electron chi connectivity index (χ1n) is 4.89. The molecule has 0 amide bonds. The summed E-state index contributed by atoms with van der Waals surface area (Å²) in [6.45, 7) is 6.91. The van der Waals surface area contributed by atoms with E-state index in [0.717, 1.165) is 32.5 Å². The molecule has 0 aromatic heterocycles. The van der Waals surface area contributed by atoms with Gasteiger partial charge in [0.15, 0.2) is 0 Å². The van der Waals surface area contributed by atoms with Crippen molar-refractivity contribution in [1.29, 1.82) is 0 Å².